The summed E-state index contributed by atoms with van der Waals surface area (Å²) in [4.78, 5) is 73.9. The molecule has 0 aliphatic carbocycles. The summed E-state index contributed by atoms with van der Waals surface area (Å²) in [5, 5.41) is 9.26. The Kier molecular flexibility index (Phi) is 25.5. The lowest BCUT2D eigenvalue weighted by Crippen LogP contribution is -2.41. The Morgan fingerprint density at radius 3 is 1.15 bits per heavy atom. The molecule has 0 atom stereocenters. The zero-order chi connectivity index (χ0) is 59.0. The van der Waals surface area contributed by atoms with E-state index in [9.17, 15) is 14.4 Å². The Morgan fingerprint density at radius 1 is 0.429 bits per heavy atom. The Bertz CT molecular complexity index is 2990. The minimum atomic E-state index is -0.499. The summed E-state index contributed by atoms with van der Waals surface area (Å²) in [7, 11) is 0. The molecule has 0 saturated carbocycles. The summed E-state index contributed by atoms with van der Waals surface area (Å²) in [5.41, 5.74) is 6.84. The predicted molar refractivity (Wildman–Crippen MR) is 351 cm³/mol. The van der Waals surface area contributed by atoms with Crippen molar-refractivity contribution in [2.24, 2.45) is 0 Å². The number of ether oxygens (including phenoxy) is 1. The molecule has 0 radical (unpaired) electrons. The van der Waals surface area contributed by atoms with Gasteiger partial charge in [0.1, 0.15) is 6.61 Å². The highest BCUT2D eigenvalue weighted by Gasteiger charge is 2.38. The number of nitrogens with zero attached hydrogens (tertiary/aromatic N) is 2. The Hall–Kier alpha value is -6.09. The fourth-order valence-electron chi connectivity index (χ4n) is 13.8. The van der Waals surface area contributed by atoms with Crippen LogP contribution in [-0.2, 0) is 24.0 Å². The van der Waals surface area contributed by atoms with Gasteiger partial charge in [-0.1, -0.05) is 231 Å². The molecule has 0 saturated heterocycles. The summed E-state index contributed by atoms with van der Waals surface area (Å²) in [5.74, 6) is -1.22. The number of unbranched alkanes of at least 4 members (excludes halogenated alkanes) is 29. The van der Waals surface area contributed by atoms with Gasteiger partial charge in [-0.3, -0.25) is 24.1 Å². The smallest absolute Gasteiger partial charge is 0.407 e. The first-order valence-corrected chi connectivity index (χ1v) is 33.8. The van der Waals surface area contributed by atoms with Crippen LogP contribution in [0.5, 0.6) is 0 Å². The van der Waals surface area contributed by atoms with Crippen LogP contribution in [-0.4, -0.2) is 54.3 Å². The van der Waals surface area contributed by atoms with Crippen molar-refractivity contribution < 1.29 is 28.7 Å². The number of rotatable bonds is 42. The maximum Gasteiger partial charge on any atom is 0.407 e. The van der Waals surface area contributed by atoms with E-state index in [4.69, 9.17) is 4.74 Å². The molecule has 9 nitrogen and oxygen atoms in total. The quantitative estimate of drug-likeness (QED) is 0.0134. The van der Waals surface area contributed by atoms with Gasteiger partial charge in [-0.15, -0.1) is 0 Å². The molecule has 0 spiro atoms. The van der Waals surface area contributed by atoms with Gasteiger partial charge in [-0.05, 0) is 143 Å². The Morgan fingerprint density at radius 2 is 0.774 bits per heavy atom. The molecule has 0 bridgehead atoms. The van der Waals surface area contributed by atoms with Gasteiger partial charge in [0.2, 0.25) is 0 Å². The summed E-state index contributed by atoms with van der Waals surface area (Å²) in [6, 6.07) is 19.9. The van der Waals surface area contributed by atoms with Crippen molar-refractivity contribution in [3.8, 4) is 0 Å². The van der Waals surface area contributed by atoms with Crippen molar-refractivity contribution in [3.63, 3.8) is 0 Å². The highest BCUT2D eigenvalue weighted by atomic mass is 16.5. The monoisotopic (exact) mass is 1140 g/mol. The second-order valence-electron chi connectivity index (χ2n) is 24.8. The number of carbonyl (C=O) groups is 5. The molecule has 0 aromatic heterocycles. The fourth-order valence-corrected chi connectivity index (χ4v) is 13.8. The lowest BCUT2D eigenvalue weighted by molar-refractivity contribution is 0.0607. The van der Waals surface area contributed by atoms with Crippen LogP contribution in [0.25, 0.3) is 43.1 Å². The van der Waals surface area contributed by atoms with Crippen LogP contribution in [0, 0.1) is 0 Å². The highest BCUT2D eigenvalue weighted by molar-refractivity contribution is 6.43. The number of aryl methyl sites for hydroxylation is 2. The van der Waals surface area contributed by atoms with Crippen molar-refractivity contribution in [2.75, 3.05) is 24.6 Å². The van der Waals surface area contributed by atoms with E-state index in [1.54, 1.807) is 0 Å². The number of anilines is 1. The number of hydrogen-bond donors (Lipinski definition) is 1. The van der Waals surface area contributed by atoms with Gasteiger partial charge in [0.15, 0.2) is 0 Å². The normalized spacial score (nSPS) is 13.3. The molecule has 2 heterocycles. The number of alkyl carbamates (subject to hydrolysis) is 1. The van der Waals surface area contributed by atoms with Crippen molar-refractivity contribution in [1.29, 1.82) is 0 Å². The number of benzene rings is 6. The Balaban J connectivity index is 1.06. The third kappa shape index (κ3) is 16.1. The second-order valence-corrected chi connectivity index (χ2v) is 24.8. The van der Waals surface area contributed by atoms with Gasteiger partial charge in [0.25, 0.3) is 23.6 Å². The first-order valence-electron chi connectivity index (χ1n) is 33.8. The topological polar surface area (TPSA) is 113 Å². The maximum atomic E-state index is 15.4. The fraction of sp³-hybridized carbons (Fsp3) is 0.560. The standard InChI is InChI=1S/C75H101N3O6/c1-5-9-12-15-18-21-24-27-30-34-39-55-53-57(54-56(40-35-31-28-25-22-19-16-13-10-6-2)58(55)41-36-32-29-26-23-20-17-14-11-7-3)78-73(81)65-48-44-61-59-42-46-63-69-64(47-43-60(67(59)69)62-45-49-66(74(78)82)70(65)68(61)62)72(80)77(71(63)79)51-38-33-37-50-76-75(83)84-52-8-4/h8,42-49,53-54H,4-7,9-41,50-52H2,1-3H3,(H,76,83). The molecule has 0 fully saturated rings. The summed E-state index contributed by atoms with van der Waals surface area (Å²) >= 11 is 0. The average molecular weight is 1140 g/mol. The zero-order valence-electron chi connectivity index (χ0n) is 52.0. The van der Waals surface area contributed by atoms with Crippen LogP contribution >= 0.6 is 0 Å². The molecule has 1 N–H and O–H groups in total. The van der Waals surface area contributed by atoms with Gasteiger partial charge >= 0.3 is 6.09 Å². The van der Waals surface area contributed by atoms with E-state index >= 15 is 9.59 Å². The van der Waals surface area contributed by atoms with Gasteiger partial charge in [-0.25, -0.2) is 9.69 Å². The lowest BCUT2D eigenvalue weighted by atomic mass is 9.82. The van der Waals surface area contributed by atoms with Crippen LogP contribution in [0.3, 0.4) is 0 Å². The average Bonchev–Trinajstić information content (AvgIpc) is 0.781. The summed E-state index contributed by atoms with van der Waals surface area (Å²) in [6.07, 6.45) is 44.6. The minimum absolute atomic E-state index is 0.142. The van der Waals surface area contributed by atoms with Crippen LogP contribution in [0.2, 0.25) is 0 Å². The number of fused-ring (bicyclic) bond motifs is 2. The van der Waals surface area contributed by atoms with E-state index in [-0.39, 0.29) is 36.8 Å². The van der Waals surface area contributed by atoms with Crippen molar-refractivity contribution in [1.82, 2.24) is 10.2 Å². The molecule has 0 unspecified atom stereocenters. The maximum absolute atomic E-state index is 15.4. The molecule has 2 aliphatic rings. The second kappa shape index (κ2) is 33.6. The molecule has 6 aromatic carbocycles. The third-order valence-electron chi connectivity index (χ3n) is 18.4. The number of hydrogen-bond acceptors (Lipinski definition) is 6. The number of nitrogens with one attached hydrogen (secondary N) is 1. The third-order valence-corrected chi connectivity index (χ3v) is 18.4. The van der Waals surface area contributed by atoms with E-state index in [0.29, 0.717) is 64.5 Å². The van der Waals surface area contributed by atoms with Crippen LogP contribution in [0.1, 0.15) is 291 Å². The minimum Gasteiger partial charge on any atom is -0.445 e. The molecule has 8 rings (SSSR count). The number of carbonyl (C=O) groups excluding carboxylic acids is 5. The molecule has 5 amide bonds. The van der Waals surface area contributed by atoms with Crippen molar-refractivity contribution in [2.45, 2.75) is 252 Å². The summed E-state index contributed by atoms with van der Waals surface area (Å²) in [6.45, 7) is 11.2. The predicted octanol–water partition coefficient (Wildman–Crippen LogP) is 20.6. The van der Waals surface area contributed by atoms with Crippen LogP contribution < -0.4 is 10.2 Å². The number of amides is 5. The van der Waals surface area contributed by atoms with Gasteiger partial charge < -0.3 is 10.1 Å². The van der Waals surface area contributed by atoms with Gasteiger partial charge in [0, 0.05) is 46.1 Å². The zero-order valence-corrected chi connectivity index (χ0v) is 52.0. The van der Waals surface area contributed by atoms with Crippen molar-refractivity contribution in [3.05, 3.63) is 112 Å². The Labute approximate surface area is 503 Å². The molecule has 84 heavy (non-hydrogen) atoms. The molecule has 452 valence electrons. The van der Waals surface area contributed by atoms with Crippen molar-refractivity contribution >= 4 is 78.5 Å². The highest BCUT2D eigenvalue weighted by Crippen LogP contribution is 2.47. The molecule has 6 aromatic rings. The lowest BCUT2D eigenvalue weighted by Gasteiger charge is -2.31. The van der Waals surface area contributed by atoms with E-state index in [1.165, 1.54) is 206 Å². The summed E-state index contributed by atoms with van der Waals surface area (Å²) < 4.78 is 4.98. The van der Waals surface area contributed by atoms with Gasteiger partial charge in [-0.2, -0.15) is 0 Å². The van der Waals surface area contributed by atoms with Crippen LogP contribution in [0.15, 0.2) is 73.3 Å². The molecule has 9 heteroatoms. The molecular weight excluding hydrogens is 1040 g/mol. The largest absolute Gasteiger partial charge is 0.445 e. The molecule has 2 aliphatic heterocycles. The van der Waals surface area contributed by atoms with E-state index < -0.39 is 6.09 Å². The van der Waals surface area contributed by atoms with Crippen LogP contribution in [0.4, 0.5) is 10.5 Å². The van der Waals surface area contributed by atoms with Gasteiger partial charge in [0.05, 0.1) is 5.69 Å². The van der Waals surface area contributed by atoms with E-state index in [1.807, 2.05) is 48.5 Å². The first kappa shape index (κ1) is 63.9. The first-order chi connectivity index (χ1) is 41.2. The van der Waals surface area contributed by atoms with E-state index in [2.05, 4.69) is 44.8 Å². The molecular formula is C75H101N3O6. The SMILES string of the molecule is C=CCOC(=O)NCCCCCN1C(=O)c2ccc3c4ccc5c6c(ccc(c7ccc(c2c37)C1=O)c64)C(=O)N(c1cc(CCCCCCCCCCCC)c(CCCCCCCCCCCC)c(CCCCCCCCCCCC)c1)C5=O. The number of imide groups is 2. The van der Waals surface area contributed by atoms with E-state index in [0.717, 1.165) is 70.8 Å².